The first-order chi connectivity index (χ1) is 14.4. The smallest absolute Gasteiger partial charge is 0.224 e. The molecule has 8 nitrogen and oxygen atoms in total. The zero-order valence-corrected chi connectivity index (χ0v) is 19.9. The highest BCUT2D eigenvalue weighted by Gasteiger charge is 2.25. The zero-order chi connectivity index (χ0) is 21.7. The van der Waals surface area contributed by atoms with Gasteiger partial charge in [-0.05, 0) is 40.4 Å². The minimum atomic E-state index is -3.13. The summed E-state index contributed by atoms with van der Waals surface area (Å²) in [6.45, 7) is 5.70. The summed E-state index contributed by atoms with van der Waals surface area (Å²) in [4.78, 5) is 8.93. The average Bonchev–Trinajstić information content (AvgIpc) is 3.22. The number of sulfonamides is 1. The third-order valence-electron chi connectivity index (χ3n) is 4.97. The van der Waals surface area contributed by atoms with E-state index in [2.05, 4.69) is 42.6 Å². The van der Waals surface area contributed by atoms with Crippen LogP contribution in [0.2, 0.25) is 0 Å². The summed E-state index contributed by atoms with van der Waals surface area (Å²) in [6, 6.07) is 6.17. The zero-order valence-electron chi connectivity index (χ0n) is 17.5. The van der Waals surface area contributed by atoms with Gasteiger partial charge in [-0.1, -0.05) is 26.0 Å². The fourth-order valence-corrected chi connectivity index (χ4v) is 4.64. The predicted molar refractivity (Wildman–Crippen MR) is 123 cm³/mol. The number of anilines is 3. The number of ether oxygens (including phenoxy) is 1. The van der Waals surface area contributed by atoms with Crippen molar-refractivity contribution in [1.82, 2.24) is 14.3 Å². The number of aromatic nitrogens is 2. The molecule has 0 unspecified atom stereocenters. The molecule has 30 heavy (non-hydrogen) atoms. The van der Waals surface area contributed by atoms with E-state index in [-0.39, 0.29) is 6.04 Å². The van der Waals surface area contributed by atoms with Gasteiger partial charge in [0.2, 0.25) is 16.0 Å². The van der Waals surface area contributed by atoms with E-state index < -0.39 is 10.0 Å². The Bertz CT molecular complexity index is 978. The van der Waals surface area contributed by atoms with Crippen LogP contribution in [0.3, 0.4) is 0 Å². The summed E-state index contributed by atoms with van der Waals surface area (Å²) in [5, 5.41) is 6.65. The van der Waals surface area contributed by atoms with Crippen LogP contribution in [0.1, 0.15) is 32.3 Å². The summed E-state index contributed by atoms with van der Waals surface area (Å²) >= 11 is 3.49. The Hall–Kier alpha value is -1.91. The summed E-state index contributed by atoms with van der Waals surface area (Å²) in [5.41, 5.74) is 2.06. The Morgan fingerprint density at radius 3 is 2.67 bits per heavy atom. The Labute approximate surface area is 186 Å². The van der Waals surface area contributed by atoms with E-state index in [1.54, 1.807) is 6.20 Å². The lowest BCUT2D eigenvalue weighted by Gasteiger charge is -2.30. The number of piperidine rings is 1. The third kappa shape index (κ3) is 5.41. The van der Waals surface area contributed by atoms with Gasteiger partial charge in [0.1, 0.15) is 11.6 Å². The fraction of sp³-hybridized carbons (Fsp3) is 0.500. The predicted octanol–water partition coefficient (Wildman–Crippen LogP) is 3.78. The summed E-state index contributed by atoms with van der Waals surface area (Å²) < 4.78 is 31.3. The van der Waals surface area contributed by atoms with Crippen LogP contribution in [-0.2, 0) is 16.4 Å². The number of halogens is 1. The summed E-state index contributed by atoms with van der Waals surface area (Å²) in [6.07, 6.45) is 5.30. The van der Waals surface area contributed by atoms with Crippen LogP contribution in [0.4, 0.5) is 17.5 Å². The van der Waals surface area contributed by atoms with Crippen LogP contribution in [0.5, 0.6) is 5.75 Å². The second-order valence-corrected chi connectivity index (χ2v) is 9.82. The van der Waals surface area contributed by atoms with Gasteiger partial charge >= 0.3 is 0 Å². The Morgan fingerprint density at radius 1 is 1.23 bits per heavy atom. The highest BCUT2D eigenvalue weighted by molar-refractivity contribution is 9.10. The number of benzene rings is 1. The van der Waals surface area contributed by atoms with E-state index in [1.807, 2.05) is 26.0 Å². The van der Waals surface area contributed by atoms with Gasteiger partial charge in [0.05, 0.1) is 23.0 Å². The number of para-hydroxylation sites is 1. The molecule has 0 radical (unpaired) electrons. The molecule has 0 aliphatic carbocycles. The number of hydrogen-bond donors (Lipinski definition) is 2. The molecule has 1 aromatic carbocycles. The second-order valence-electron chi connectivity index (χ2n) is 6.99. The maximum absolute atomic E-state index is 11.6. The highest BCUT2D eigenvalue weighted by Crippen LogP contribution is 2.36. The number of hydrogen-bond acceptors (Lipinski definition) is 7. The first-order valence-corrected chi connectivity index (χ1v) is 12.8. The SMILES string of the molecule is CC.CS(=O)(=O)N1CCC(Nc2ncc(Br)c(Nc3cccc4c3OCC4)n2)CC1. The van der Waals surface area contributed by atoms with E-state index in [0.29, 0.717) is 31.5 Å². The van der Waals surface area contributed by atoms with Gasteiger partial charge in [-0.2, -0.15) is 4.98 Å². The largest absolute Gasteiger partial charge is 0.491 e. The van der Waals surface area contributed by atoms with Crippen molar-refractivity contribution in [2.24, 2.45) is 0 Å². The van der Waals surface area contributed by atoms with E-state index in [9.17, 15) is 8.42 Å². The van der Waals surface area contributed by atoms with Gasteiger partial charge in [0.25, 0.3) is 0 Å². The molecule has 3 heterocycles. The van der Waals surface area contributed by atoms with Crippen molar-refractivity contribution >= 4 is 43.4 Å². The van der Waals surface area contributed by atoms with E-state index in [0.717, 1.165) is 35.2 Å². The number of rotatable bonds is 5. The van der Waals surface area contributed by atoms with Crippen molar-refractivity contribution in [1.29, 1.82) is 0 Å². The Kier molecular flexibility index (Phi) is 7.54. The molecule has 1 aromatic heterocycles. The summed E-state index contributed by atoms with van der Waals surface area (Å²) in [7, 11) is -3.13. The van der Waals surface area contributed by atoms with Crippen molar-refractivity contribution in [3.63, 3.8) is 0 Å². The third-order valence-corrected chi connectivity index (χ3v) is 6.85. The first-order valence-electron chi connectivity index (χ1n) is 10.2. The van der Waals surface area contributed by atoms with Gasteiger partial charge in [-0.25, -0.2) is 17.7 Å². The Balaban J connectivity index is 0.00000124. The lowest BCUT2D eigenvalue weighted by Crippen LogP contribution is -2.42. The molecule has 4 rings (SSSR count). The van der Waals surface area contributed by atoms with Crippen LogP contribution < -0.4 is 15.4 Å². The molecule has 2 aromatic rings. The minimum Gasteiger partial charge on any atom is -0.491 e. The quantitative estimate of drug-likeness (QED) is 0.648. The molecule has 10 heteroatoms. The molecule has 1 saturated heterocycles. The summed E-state index contributed by atoms with van der Waals surface area (Å²) in [5.74, 6) is 2.03. The molecule has 1 fully saturated rings. The average molecular weight is 498 g/mol. The molecule has 2 aliphatic rings. The van der Waals surface area contributed by atoms with Gasteiger partial charge in [-0.3, -0.25) is 0 Å². The van der Waals surface area contributed by atoms with Crippen LogP contribution in [0, 0.1) is 0 Å². The molecule has 0 spiro atoms. The van der Waals surface area contributed by atoms with E-state index in [4.69, 9.17) is 4.74 Å². The van der Waals surface area contributed by atoms with Crippen LogP contribution in [0.15, 0.2) is 28.9 Å². The van der Waals surface area contributed by atoms with Crippen LogP contribution in [-0.4, -0.2) is 54.7 Å². The van der Waals surface area contributed by atoms with Crippen molar-refractivity contribution in [2.75, 3.05) is 36.6 Å². The highest BCUT2D eigenvalue weighted by atomic mass is 79.9. The molecule has 2 N–H and O–H groups in total. The van der Waals surface area contributed by atoms with E-state index >= 15 is 0 Å². The second kappa shape index (κ2) is 9.93. The normalized spacial score (nSPS) is 16.8. The molecule has 0 bridgehead atoms. The van der Waals surface area contributed by atoms with Gasteiger partial charge in [0, 0.05) is 31.7 Å². The lowest BCUT2D eigenvalue weighted by molar-refractivity contribution is 0.331. The number of fused-ring (bicyclic) bond motifs is 1. The van der Waals surface area contributed by atoms with Crippen molar-refractivity contribution < 1.29 is 13.2 Å². The molecular weight excluding hydrogens is 470 g/mol. The molecule has 164 valence electrons. The molecule has 0 saturated carbocycles. The first kappa shape index (κ1) is 22.8. The minimum absolute atomic E-state index is 0.135. The Morgan fingerprint density at radius 2 is 1.97 bits per heavy atom. The molecule has 0 amide bonds. The van der Waals surface area contributed by atoms with Gasteiger partial charge in [0.15, 0.2) is 0 Å². The number of nitrogens with zero attached hydrogens (tertiary/aromatic N) is 3. The lowest BCUT2D eigenvalue weighted by atomic mass is 10.1. The van der Waals surface area contributed by atoms with Crippen molar-refractivity contribution in [3.8, 4) is 5.75 Å². The van der Waals surface area contributed by atoms with Crippen molar-refractivity contribution in [3.05, 3.63) is 34.4 Å². The standard InChI is InChI=1S/C18H22BrN5O3S.C2H6/c1-28(25,26)24-8-5-13(6-9-24)21-18-20-11-14(19)17(23-18)22-15-4-2-3-12-7-10-27-16(12)15;1-2/h2-4,11,13H,5-10H2,1H3,(H2,20,21,22,23);1-2H3. The van der Waals surface area contributed by atoms with Gasteiger partial charge < -0.3 is 15.4 Å². The maximum atomic E-state index is 11.6. The maximum Gasteiger partial charge on any atom is 0.224 e. The topological polar surface area (TPSA) is 96.5 Å². The monoisotopic (exact) mass is 497 g/mol. The van der Waals surface area contributed by atoms with Crippen LogP contribution in [0.25, 0.3) is 0 Å². The van der Waals surface area contributed by atoms with E-state index in [1.165, 1.54) is 16.1 Å². The molecular formula is C20H28BrN5O3S. The van der Waals surface area contributed by atoms with Gasteiger partial charge in [-0.15, -0.1) is 0 Å². The fourth-order valence-electron chi connectivity index (χ4n) is 3.48. The molecule has 2 aliphatic heterocycles. The molecule has 0 atom stereocenters. The van der Waals surface area contributed by atoms with Crippen molar-refractivity contribution in [2.45, 2.75) is 39.2 Å². The number of nitrogens with one attached hydrogen (secondary N) is 2. The van der Waals surface area contributed by atoms with Crippen LogP contribution >= 0.6 is 15.9 Å².